The summed E-state index contributed by atoms with van der Waals surface area (Å²) in [5, 5.41) is 0. The molecule has 0 aliphatic rings. The third-order valence-corrected chi connectivity index (χ3v) is 14.1. The Labute approximate surface area is 477 Å². The van der Waals surface area contributed by atoms with Gasteiger partial charge in [-0.15, -0.1) is 0 Å². The van der Waals surface area contributed by atoms with Crippen LogP contribution in [0.25, 0.3) is 0 Å². The normalized spacial score (nSPS) is 12.7. The van der Waals surface area contributed by atoms with Crippen molar-refractivity contribution in [3.8, 4) is 0 Å². The fourth-order valence-electron chi connectivity index (χ4n) is 9.23. The minimum absolute atomic E-state index is 0.0811. The Morgan fingerprint density at radius 1 is 0.273 bits per heavy atom. The number of rotatable bonds is 59. The molecule has 0 aliphatic heterocycles. The van der Waals surface area contributed by atoms with Crippen LogP contribution < -0.4 is 0 Å². The molecule has 0 radical (unpaired) electrons. The van der Waals surface area contributed by atoms with E-state index in [-0.39, 0.29) is 31.1 Å². The van der Waals surface area contributed by atoms with E-state index in [2.05, 4.69) is 118 Å². The van der Waals surface area contributed by atoms with E-state index in [0.717, 1.165) is 122 Å². The maximum atomic E-state index is 12.9. The molecule has 0 bridgehead atoms. The molecule has 0 spiro atoms. The molecule has 0 aromatic rings. The predicted octanol–water partition coefficient (Wildman–Crippen LogP) is 22.4. The van der Waals surface area contributed by atoms with Crippen LogP contribution in [0.4, 0.5) is 0 Å². The van der Waals surface area contributed by atoms with Crippen molar-refractivity contribution in [1.82, 2.24) is 0 Å². The number of carbonyl (C=O) groups excluding carboxylic acids is 3. The molecule has 0 aromatic heterocycles. The zero-order valence-electron chi connectivity index (χ0n) is 50.7. The number of esters is 3. The minimum Gasteiger partial charge on any atom is -0.462 e. The van der Waals surface area contributed by atoms with Gasteiger partial charge in [-0.3, -0.25) is 14.4 Å². The fourth-order valence-corrected chi connectivity index (χ4v) is 9.23. The second kappa shape index (κ2) is 64.9. The SMILES string of the molecule is CC/C=C\C/C=C\C/C=C\C/C=C\C/C=C\C/C=C\C/C=C\C/C=C\CCCCCCC(=O)OCC(COC(=O)CCCCCCCCCCCCCCCCC)OC(=O)CCCCCCCCCCCCCCCCC. The van der Waals surface area contributed by atoms with Gasteiger partial charge in [-0.25, -0.2) is 0 Å². The van der Waals surface area contributed by atoms with Crippen LogP contribution in [0, 0.1) is 0 Å². The largest absolute Gasteiger partial charge is 0.462 e. The molecular formula is C71H122O6. The molecule has 6 nitrogen and oxygen atoms in total. The molecule has 0 saturated heterocycles. The van der Waals surface area contributed by atoms with E-state index in [9.17, 15) is 14.4 Å². The molecule has 0 N–H and O–H groups in total. The number of ether oxygens (including phenoxy) is 3. The van der Waals surface area contributed by atoms with Gasteiger partial charge in [0.05, 0.1) is 0 Å². The van der Waals surface area contributed by atoms with Crippen LogP contribution in [0.1, 0.15) is 316 Å². The molecule has 0 aromatic carbocycles. The minimum atomic E-state index is -0.786. The van der Waals surface area contributed by atoms with E-state index in [1.54, 1.807) is 0 Å². The summed E-state index contributed by atoms with van der Waals surface area (Å²) in [4.78, 5) is 38.3. The van der Waals surface area contributed by atoms with Crippen LogP contribution in [-0.4, -0.2) is 37.2 Å². The van der Waals surface area contributed by atoms with Crippen LogP contribution in [0.3, 0.4) is 0 Å². The number of hydrogen-bond acceptors (Lipinski definition) is 6. The Bertz CT molecular complexity index is 1510. The van der Waals surface area contributed by atoms with Gasteiger partial charge in [0, 0.05) is 19.3 Å². The average molecular weight is 1070 g/mol. The number of carbonyl (C=O) groups is 3. The first-order valence-corrected chi connectivity index (χ1v) is 32.7. The Morgan fingerprint density at radius 2 is 0.506 bits per heavy atom. The van der Waals surface area contributed by atoms with Crippen molar-refractivity contribution in [2.75, 3.05) is 13.2 Å². The van der Waals surface area contributed by atoms with Gasteiger partial charge < -0.3 is 14.2 Å². The first-order valence-electron chi connectivity index (χ1n) is 32.7. The summed E-state index contributed by atoms with van der Waals surface area (Å²) in [5.74, 6) is -0.892. The van der Waals surface area contributed by atoms with Crippen molar-refractivity contribution in [2.24, 2.45) is 0 Å². The molecule has 77 heavy (non-hydrogen) atoms. The second-order valence-electron chi connectivity index (χ2n) is 21.7. The van der Waals surface area contributed by atoms with Gasteiger partial charge in [-0.1, -0.05) is 311 Å². The van der Waals surface area contributed by atoms with Crippen molar-refractivity contribution in [3.05, 3.63) is 97.2 Å². The van der Waals surface area contributed by atoms with Gasteiger partial charge in [0.2, 0.25) is 0 Å². The van der Waals surface area contributed by atoms with Crippen LogP contribution in [0.15, 0.2) is 97.2 Å². The van der Waals surface area contributed by atoms with Crippen LogP contribution in [0.2, 0.25) is 0 Å². The number of hydrogen-bond donors (Lipinski definition) is 0. The second-order valence-corrected chi connectivity index (χ2v) is 21.7. The molecule has 442 valence electrons. The fraction of sp³-hybridized carbons (Fsp3) is 0.732. The highest BCUT2D eigenvalue weighted by Crippen LogP contribution is 2.17. The topological polar surface area (TPSA) is 78.9 Å². The maximum absolute atomic E-state index is 12.9. The Kier molecular flexibility index (Phi) is 61.8. The average Bonchev–Trinajstić information content (AvgIpc) is 3.43. The van der Waals surface area contributed by atoms with E-state index in [1.165, 1.54) is 154 Å². The molecule has 0 saturated carbocycles. The van der Waals surface area contributed by atoms with Crippen molar-refractivity contribution in [3.63, 3.8) is 0 Å². The molecule has 6 heteroatoms. The molecule has 0 fully saturated rings. The highest BCUT2D eigenvalue weighted by Gasteiger charge is 2.19. The van der Waals surface area contributed by atoms with E-state index < -0.39 is 6.10 Å². The summed E-state index contributed by atoms with van der Waals surface area (Å²) in [7, 11) is 0. The lowest BCUT2D eigenvalue weighted by Gasteiger charge is -2.18. The predicted molar refractivity (Wildman–Crippen MR) is 334 cm³/mol. The summed E-state index contributed by atoms with van der Waals surface area (Å²) in [6, 6.07) is 0. The smallest absolute Gasteiger partial charge is 0.306 e. The molecule has 1 unspecified atom stereocenters. The highest BCUT2D eigenvalue weighted by molar-refractivity contribution is 5.71. The Hall–Kier alpha value is -3.67. The summed E-state index contributed by atoms with van der Waals surface area (Å²) in [6.07, 6.45) is 87.0. The first kappa shape index (κ1) is 73.3. The first-order chi connectivity index (χ1) is 38.0. The summed E-state index contributed by atoms with van der Waals surface area (Å²) in [5.41, 5.74) is 0. The molecule has 0 amide bonds. The molecule has 0 aliphatic carbocycles. The third-order valence-electron chi connectivity index (χ3n) is 14.1. The van der Waals surface area contributed by atoms with Gasteiger partial charge >= 0.3 is 17.9 Å². The zero-order valence-corrected chi connectivity index (χ0v) is 50.7. The monoisotopic (exact) mass is 1070 g/mol. The van der Waals surface area contributed by atoms with Gasteiger partial charge in [-0.2, -0.15) is 0 Å². The standard InChI is InChI=1S/C71H122O6/c1-4-7-10-13-16-19-22-25-28-29-30-31-32-33-34-35-36-37-38-39-40-41-44-46-49-52-55-58-61-64-70(73)76-67-68(77-71(74)65-62-59-56-53-50-47-43-27-24-21-18-15-12-9-6-3)66-75-69(72)63-60-57-54-51-48-45-42-26-23-20-17-14-11-8-5-2/h7,10,16,19,25,28,30-31,33-34,36-37,39-40,44,46,68H,4-6,8-9,11-15,17-18,20-24,26-27,29,32,35,38,41-43,45,47-67H2,1-3H3/b10-7-,19-16-,28-25-,31-30-,34-33-,37-36-,40-39-,46-44-. The lowest BCUT2D eigenvalue weighted by Crippen LogP contribution is -2.30. The van der Waals surface area contributed by atoms with Gasteiger partial charge in [0.1, 0.15) is 13.2 Å². The maximum Gasteiger partial charge on any atom is 0.306 e. The van der Waals surface area contributed by atoms with Gasteiger partial charge in [0.15, 0.2) is 6.10 Å². The van der Waals surface area contributed by atoms with Crippen LogP contribution in [-0.2, 0) is 28.6 Å². The molecule has 1 atom stereocenters. The molecule has 0 rings (SSSR count). The van der Waals surface area contributed by atoms with E-state index in [1.807, 2.05) is 0 Å². The van der Waals surface area contributed by atoms with Crippen molar-refractivity contribution in [1.29, 1.82) is 0 Å². The summed E-state index contributed by atoms with van der Waals surface area (Å²) < 4.78 is 16.9. The van der Waals surface area contributed by atoms with Gasteiger partial charge in [0.25, 0.3) is 0 Å². The van der Waals surface area contributed by atoms with E-state index >= 15 is 0 Å². The lowest BCUT2D eigenvalue weighted by molar-refractivity contribution is -0.167. The number of unbranched alkanes of at least 4 members (excludes halogenated alkanes) is 32. The van der Waals surface area contributed by atoms with Crippen molar-refractivity contribution in [2.45, 2.75) is 322 Å². The summed E-state index contributed by atoms with van der Waals surface area (Å²) >= 11 is 0. The Morgan fingerprint density at radius 3 is 0.792 bits per heavy atom. The zero-order chi connectivity index (χ0) is 55.7. The van der Waals surface area contributed by atoms with Crippen LogP contribution >= 0.6 is 0 Å². The van der Waals surface area contributed by atoms with Crippen LogP contribution in [0.5, 0.6) is 0 Å². The van der Waals surface area contributed by atoms with Crippen molar-refractivity contribution < 1.29 is 28.6 Å². The molecular weight excluding hydrogens is 949 g/mol. The number of allylic oxidation sites excluding steroid dienone is 16. The van der Waals surface area contributed by atoms with Crippen molar-refractivity contribution >= 4 is 17.9 Å². The third kappa shape index (κ3) is 63.0. The van der Waals surface area contributed by atoms with E-state index in [0.29, 0.717) is 19.3 Å². The quantitative estimate of drug-likeness (QED) is 0.0261. The van der Waals surface area contributed by atoms with E-state index in [4.69, 9.17) is 14.2 Å². The Balaban J connectivity index is 4.35. The lowest BCUT2D eigenvalue weighted by atomic mass is 10.0. The summed E-state index contributed by atoms with van der Waals surface area (Å²) in [6.45, 7) is 6.54. The van der Waals surface area contributed by atoms with Gasteiger partial charge in [-0.05, 0) is 83.5 Å². The molecule has 0 heterocycles. The highest BCUT2D eigenvalue weighted by atomic mass is 16.6.